The van der Waals surface area contributed by atoms with E-state index in [9.17, 15) is 33.3 Å². The molecule has 0 saturated carbocycles. The third kappa shape index (κ3) is 4.16. The fourth-order valence-electron chi connectivity index (χ4n) is 2.82. The summed E-state index contributed by atoms with van der Waals surface area (Å²) < 4.78 is 33.5. The fourth-order valence-corrected chi connectivity index (χ4v) is 2.82. The highest BCUT2D eigenvalue weighted by Crippen LogP contribution is 2.21. The Balaban J connectivity index is 1.67. The molecule has 156 valence electrons. The van der Waals surface area contributed by atoms with Gasteiger partial charge in [0.1, 0.15) is 11.6 Å². The van der Waals surface area contributed by atoms with Crippen LogP contribution in [0.15, 0.2) is 39.5 Å². The number of nitro benzene ring substituents is 1. The zero-order valence-corrected chi connectivity index (χ0v) is 15.2. The van der Waals surface area contributed by atoms with Crippen molar-refractivity contribution < 1.29 is 27.7 Å². The molecular formula is C18H14F2N4O6. The summed E-state index contributed by atoms with van der Waals surface area (Å²) in [6.07, 6.45) is -0.00231. The number of primary amides is 1. The van der Waals surface area contributed by atoms with E-state index in [1.807, 2.05) is 0 Å². The molecule has 3 rings (SSSR count). The Bertz CT molecular complexity index is 1230. The number of oxazole rings is 1. The topological polar surface area (TPSA) is 150 Å². The summed E-state index contributed by atoms with van der Waals surface area (Å²) in [6.45, 7) is 0.0511. The van der Waals surface area contributed by atoms with Gasteiger partial charge in [0, 0.05) is 25.1 Å². The van der Waals surface area contributed by atoms with E-state index in [1.54, 1.807) is 0 Å². The first kappa shape index (κ1) is 20.6. The number of aromatic nitrogens is 1. The fraction of sp³-hybridized carbons (Fsp3) is 0.167. The number of fused-ring (bicyclic) bond motifs is 1. The van der Waals surface area contributed by atoms with E-state index in [0.717, 1.165) is 12.1 Å². The van der Waals surface area contributed by atoms with Crippen LogP contribution in [0.4, 0.5) is 20.2 Å². The van der Waals surface area contributed by atoms with Gasteiger partial charge in [-0.05, 0) is 18.6 Å². The summed E-state index contributed by atoms with van der Waals surface area (Å²) in [5.41, 5.74) is 4.13. The lowest BCUT2D eigenvalue weighted by Crippen LogP contribution is -2.18. The number of benzene rings is 2. The maximum Gasteiger partial charge on any atom is 0.419 e. The number of carbonyl (C=O) groups excluding carboxylic acids is 2. The highest BCUT2D eigenvalue weighted by atomic mass is 19.1. The molecular weight excluding hydrogens is 406 g/mol. The zero-order valence-electron chi connectivity index (χ0n) is 15.2. The molecule has 1 heterocycles. The van der Waals surface area contributed by atoms with E-state index >= 15 is 0 Å². The highest BCUT2D eigenvalue weighted by Gasteiger charge is 2.17. The van der Waals surface area contributed by atoms with Crippen LogP contribution >= 0.6 is 0 Å². The number of nitrogens with one attached hydrogen (secondary N) is 1. The van der Waals surface area contributed by atoms with Gasteiger partial charge in [-0.2, -0.15) is 0 Å². The normalized spacial score (nSPS) is 10.9. The van der Waals surface area contributed by atoms with Crippen molar-refractivity contribution in [1.82, 2.24) is 4.57 Å². The van der Waals surface area contributed by atoms with Crippen molar-refractivity contribution in [3.8, 4) is 0 Å². The van der Waals surface area contributed by atoms with Crippen molar-refractivity contribution in [3.05, 3.63) is 68.2 Å². The van der Waals surface area contributed by atoms with E-state index in [-0.39, 0.29) is 30.7 Å². The standard InChI is InChI=1S/C18H14F2N4O6/c19-11-8-12(20)13(7-10(11)17(21)26)22-16(25)2-1-5-23-14-4-3-9(24(28)29)6-15(14)30-18(23)27/h3-4,6-8H,1-2,5H2,(H2,21,26)(H,22,25). The van der Waals surface area contributed by atoms with E-state index in [2.05, 4.69) is 5.32 Å². The average Bonchev–Trinajstić information content (AvgIpc) is 2.98. The summed E-state index contributed by atoms with van der Waals surface area (Å²) in [4.78, 5) is 45.3. The largest absolute Gasteiger partial charge is 0.419 e. The van der Waals surface area contributed by atoms with Gasteiger partial charge in [0.2, 0.25) is 5.91 Å². The summed E-state index contributed by atoms with van der Waals surface area (Å²) in [5, 5.41) is 13.0. The van der Waals surface area contributed by atoms with Crippen molar-refractivity contribution in [2.75, 3.05) is 5.32 Å². The number of nitrogens with zero attached hydrogens (tertiary/aromatic N) is 2. The lowest BCUT2D eigenvalue weighted by Gasteiger charge is -2.09. The Morgan fingerprint density at radius 1 is 1.20 bits per heavy atom. The second kappa shape index (κ2) is 8.11. The molecule has 0 aliphatic carbocycles. The monoisotopic (exact) mass is 420 g/mol. The number of rotatable bonds is 7. The summed E-state index contributed by atoms with van der Waals surface area (Å²) >= 11 is 0. The maximum absolute atomic E-state index is 13.8. The predicted octanol–water partition coefficient (Wildman–Crippen LogP) is 2.30. The predicted molar refractivity (Wildman–Crippen MR) is 99.9 cm³/mol. The van der Waals surface area contributed by atoms with Crippen LogP contribution in [-0.2, 0) is 11.3 Å². The molecule has 0 bridgehead atoms. The molecule has 2 amide bonds. The van der Waals surface area contributed by atoms with Gasteiger partial charge in [-0.1, -0.05) is 0 Å². The van der Waals surface area contributed by atoms with Crippen LogP contribution in [0.1, 0.15) is 23.2 Å². The minimum Gasteiger partial charge on any atom is -0.407 e. The number of amides is 2. The Kier molecular flexibility index (Phi) is 5.58. The Morgan fingerprint density at radius 2 is 1.93 bits per heavy atom. The van der Waals surface area contributed by atoms with Crippen LogP contribution < -0.4 is 16.8 Å². The number of anilines is 1. The van der Waals surface area contributed by atoms with Gasteiger partial charge in [-0.3, -0.25) is 24.3 Å². The van der Waals surface area contributed by atoms with Crippen molar-refractivity contribution >= 4 is 34.3 Å². The average molecular weight is 420 g/mol. The molecule has 3 aromatic rings. The minimum absolute atomic E-state index is 0.0333. The molecule has 0 spiro atoms. The van der Waals surface area contributed by atoms with Crippen LogP contribution in [0.25, 0.3) is 11.1 Å². The third-order valence-corrected chi connectivity index (χ3v) is 4.24. The van der Waals surface area contributed by atoms with Gasteiger partial charge < -0.3 is 15.5 Å². The molecule has 0 saturated heterocycles. The number of nitro groups is 1. The van der Waals surface area contributed by atoms with E-state index < -0.39 is 45.4 Å². The number of aryl methyl sites for hydroxylation is 1. The first-order valence-corrected chi connectivity index (χ1v) is 8.54. The molecule has 12 heteroatoms. The van der Waals surface area contributed by atoms with Crippen molar-refractivity contribution in [1.29, 1.82) is 0 Å². The molecule has 0 aliphatic heterocycles. The number of halogens is 2. The second-order valence-electron chi connectivity index (χ2n) is 6.26. The Morgan fingerprint density at radius 3 is 2.60 bits per heavy atom. The summed E-state index contributed by atoms with van der Waals surface area (Å²) in [6, 6.07) is 4.93. The van der Waals surface area contributed by atoms with Crippen LogP contribution in [0.2, 0.25) is 0 Å². The molecule has 0 radical (unpaired) electrons. The van der Waals surface area contributed by atoms with Crippen LogP contribution in [-0.4, -0.2) is 21.3 Å². The molecule has 0 aliphatic rings. The number of nitrogens with two attached hydrogens (primary N) is 1. The number of non-ortho nitro benzene ring substituents is 1. The van der Waals surface area contributed by atoms with Crippen molar-refractivity contribution in [2.24, 2.45) is 5.73 Å². The smallest absolute Gasteiger partial charge is 0.407 e. The highest BCUT2D eigenvalue weighted by molar-refractivity contribution is 5.96. The molecule has 0 fully saturated rings. The van der Waals surface area contributed by atoms with Gasteiger partial charge in [-0.25, -0.2) is 13.6 Å². The van der Waals surface area contributed by atoms with Gasteiger partial charge in [0.25, 0.3) is 11.6 Å². The molecule has 30 heavy (non-hydrogen) atoms. The van der Waals surface area contributed by atoms with E-state index in [1.165, 1.54) is 16.7 Å². The first-order valence-electron chi connectivity index (χ1n) is 8.54. The zero-order chi connectivity index (χ0) is 22.0. The van der Waals surface area contributed by atoms with Crippen LogP contribution in [0.5, 0.6) is 0 Å². The van der Waals surface area contributed by atoms with Crippen LogP contribution in [0, 0.1) is 21.7 Å². The van der Waals surface area contributed by atoms with Crippen LogP contribution in [0.3, 0.4) is 0 Å². The number of hydrogen-bond acceptors (Lipinski definition) is 6. The SMILES string of the molecule is NC(=O)c1cc(NC(=O)CCCn2c(=O)oc3cc([N+](=O)[O-])ccc32)c(F)cc1F. The van der Waals surface area contributed by atoms with Crippen molar-refractivity contribution in [3.63, 3.8) is 0 Å². The molecule has 0 unspecified atom stereocenters. The summed E-state index contributed by atoms with van der Waals surface area (Å²) in [5.74, 6) is -4.74. The number of hydrogen-bond donors (Lipinski definition) is 2. The molecule has 10 nitrogen and oxygen atoms in total. The lowest BCUT2D eigenvalue weighted by atomic mass is 10.1. The number of carbonyl (C=O) groups is 2. The molecule has 3 N–H and O–H groups in total. The van der Waals surface area contributed by atoms with Gasteiger partial charge in [0.15, 0.2) is 5.58 Å². The molecule has 1 aromatic heterocycles. The van der Waals surface area contributed by atoms with Gasteiger partial charge in [-0.15, -0.1) is 0 Å². The summed E-state index contributed by atoms with van der Waals surface area (Å²) in [7, 11) is 0. The molecule has 2 aromatic carbocycles. The first-order chi connectivity index (χ1) is 14.2. The minimum atomic E-state index is -1.15. The van der Waals surface area contributed by atoms with Crippen molar-refractivity contribution in [2.45, 2.75) is 19.4 Å². The Labute approximate surface area is 166 Å². The van der Waals surface area contributed by atoms with E-state index in [4.69, 9.17) is 10.2 Å². The van der Waals surface area contributed by atoms with Gasteiger partial charge >= 0.3 is 5.76 Å². The van der Waals surface area contributed by atoms with Gasteiger partial charge in [0.05, 0.1) is 27.8 Å². The van der Waals surface area contributed by atoms with E-state index in [0.29, 0.717) is 11.6 Å². The lowest BCUT2D eigenvalue weighted by molar-refractivity contribution is -0.384. The second-order valence-corrected chi connectivity index (χ2v) is 6.26. The quantitative estimate of drug-likeness (QED) is 0.442. The molecule has 0 atom stereocenters. The third-order valence-electron chi connectivity index (χ3n) is 4.24. The maximum atomic E-state index is 13.8. The Hall–Kier alpha value is -4.09.